The zero-order valence-electron chi connectivity index (χ0n) is 13.2. The van der Waals surface area contributed by atoms with Gasteiger partial charge in [0.05, 0.1) is 6.33 Å². The number of nitrogens with zero attached hydrogens (tertiary/aromatic N) is 3. The minimum absolute atomic E-state index is 0.259. The van der Waals surface area contributed by atoms with Crippen molar-refractivity contribution in [2.75, 3.05) is 5.32 Å². The molecule has 4 aromatic rings. The maximum Gasteiger partial charge on any atom is 0.248 e. The van der Waals surface area contributed by atoms with Crippen LogP contribution in [0, 0.1) is 0 Å². The van der Waals surface area contributed by atoms with Gasteiger partial charge in [-0.25, -0.2) is 9.97 Å². The lowest BCUT2D eigenvalue weighted by atomic mass is 10.2. The molecule has 0 aliphatic carbocycles. The van der Waals surface area contributed by atoms with Gasteiger partial charge in [-0.3, -0.25) is 4.79 Å². The number of hydrogen-bond acceptors (Lipinski definition) is 4. The average molecular weight is 330 g/mol. The first-order chi connectivity index (χ1) is 12.3. The van der Waals surface area contributed by atoms with Crippen LogP contribution in [-0.4, -0.2) is 20.4 Å². The molecule has 1 N–H and O–H groups in total. The summed E-state index contributed by atoms with van der Waals surface area (Å²) in [6, 6.07) is 15.0. The summed E-state index contributed by atoms with van der Waals surface area (Å²) in [7, 11) is 0. The lowest BCUT2D eigenvalue weighted by Crippen LogP contribution is -2.08. The van der Waals surface area contributed by atoms with Gasteiger partial charge in [-0.2, -0.15) is 0 Å². The zero-order chi connectivity index (χ0) is 17.1. The predicted octanol–water partition coefficient (Wildman–Crippen LogP) is 3.67. The number of hydrogen-bond donors (Lipinski definition) is 1. The van der Waals surface area contributed by atoms with Crippen molar-refractivity contribution in [1.82, 2.24) is 14.5 Å². The number of benzene rings is 2. The van der Waals surface area contributed by atoms with E-state index in [4.69, 9.17) is 4.42 Å². The summed E-state index contributed by atoms with van der Waals surface area (Å²) in [4.78, 5) is 20.4. The molecule has 122 valence electrons. The van der Waals surface area contributed by atoms with Crippen LogP contribution in [0.25, 0.3) is 22.9 Å². The molecule has 4 rings (SSSR count). The summed E-state index contributed by atoms with van der Waals surface area (Å²) in [5, 5.41) is 2.82. The number of imidazole rings is 1. The fourth-order valence-corrected chi connectivity index (χ4v) is 2.45. The molecule has 6 heteroatoms. The smallest absolute Gasteiger partial charge is 0.248 e. The van der Waals surface area contributed by atoms with Crippen molar-refractivity contribution in [2.24, 2.45) is 0 Å². The van der Waals surface area contributed by atoms with Crippen molar-refractivity contribution in [3.8, 4) is 5.69 Å². The third-order valence-electron chi connectivity index (χ3n) is 3.60. The van der Waals surface area contributed by atoms with Crippen LogP contribution in [0.4, 0.5) is 5.69 Å². The van der Waals surface area contributed by atoms with Crippen molar-refractivity contribution < 1.29 is 9.21 Å². The molecule has 0 fully saturated rings. The van der Waals surface area contributed by atoms with E-state index in [1.54, 1.807) is 18.6 Å². The summed E-state index contributed by atoms with van der Waals surface area (Å²) < 4.78 is 7.41. The highest BCUT2D eigenvalue weighted by Gasteiger charge is 2.04. The predicted molar refractivity (Wildman–Crippen MR) is 95.2 cm³/mol. The molecule has 0 aliphatic heterocycles. The Hall–Kier alpha value is -3.67. The topological polar surface area (TPSA) is 73.0 Å². The number of carbonyl (C=O) groups is 1. The first kappa shape index (κ1) is 14.9. The molecule has 0 saturated heterocycles. The van der Waals surface area contributed by atoms with E-state index in [0.29, 0.717) is 17.2 Å². The molecule has 0 bridgehead atoms. The van der Waals surface area contributed by atoms with Gasteiger partial charge >= 0.3 is 0 Å². The molecule has 25 heavy (non-hydrogen) atoms. The Kier molecular flexibility index (Phi) is 3.84. The largest absolute Gasteiger partial charge is 0.437 e. The summed E-state index contributed by atoms with van der Waals surface area (Å²) in [5.41, 5.74) is 3.06. The number of carbonyl (C=O) groups excluding carboxylic acids is 1. The van der Waals surface area contributed by atoms with E-state index >= 15 is 0 Å². The van der Waals surface area contributed by atoms with Crippen LogP contribution in [-0.2, 0) is 4.79 Å². The van der Waals surface area contributed by atoms with E-state index in [9.17, 15) is 4.79 Å². The van der Waals surface area contributed by atoms with Gasteiger partial charge in [0, 0.05) is 35.9 Å². The monoisotopic (exact) mass is 330 g/mol. The van der Waals surface area contributed by atoms with Gasteiger partial charge in [0.25, 0.3) is 0 Å². The normalized spacial score (nSPS) is 11.2. The van der Waals surface area contributed by atoms with Crippen molar-refractivity contribution in [3.05, 3.63) is 79.2 Å². The number of amides is 1. The van der Waals surface area contributed by atoms with Gasteiger partial charge in [-0.1, -0.05) is 18.2 Å². The Bertz CT molecular complexity index is 1020. The molecule has 0 saturated carbocycles. The Balaban J connectivity index is 1.47. The summed E-state index contributed by atoms with van der Waals surface area (Å²) in [5.74, 6) is 0.133. The van der Waals surface area contributed by atoms with Crippen molar-refractivity contribution in [3.63, 3.8) is 0 Å². The zero-order valence-corrected chi connectivity index (χ0v) is 13.2. The number of rotatable bonds is 4. The number of fused-ring (bicyclic) bond motifs is 1. The Morgan fingerprint density at radius 1 is 1.16 bits per heavy atom. The van der Waals surface area contributed by atoms with Gasteiger partial charge in [0.1, 0.15) is 5.52 Å². The maximum atomic E-state index is 12.1. The minimum atomic E-state index is -0.259. The van der Waals surface area contributed by atoms with E-state index in [2.05, 4.69) is 15.3 Å². The maximum absolute atomic E-state index is 12.1. The lowest BCUT2D eigenvalue weighted by molar-refractivity contribution is -0.111. The van der Waals surface area contributed by atoms with E-state index in [0.717, 1.165) is 11.2 Å². The van der Waals surface area contributed by atoms with Gasteiger partial charge in [-0.05, 0) is 30.3 Å². The van der Waals surface area contributed by atoms with Gasteiger partial charge < -0.3 is 14.3 Å². The van der Waals surface area contributed by atoms with E-state index in [1.165, 1.54) is 6.08 Å². The van der Waals surface area contributed by atoms with Crippen LogP contribution in [0.5, 0.6) is 0 Å². The molecule has 0 atom stereocenters. The third kappa shape index (κ3) is 3.32. The molecule has 2 aromatic heterocycles. The highest BCUT2D eigenvalue weighted by molar-refractivity contribution is 6.01. The van der Waals surface area contributed by atoms with Gasteiger partial charge in [0.15, 0.2) is 5.58 Å². The fraction of sp³-hybridized carbons (Fsp3) is 0. The van der Waals surface area contributed by atoms with Crippen molar-refractivity contribution >= 4 is 28.8 Å². The molecule has 2 aromatic carbocycles. The van der Waals surface area contributed by atoms with E-state index in [-0.39, 0.29) is 5.91 Å². The SMILES string of the molecule is O=C(C=Cc1nc2ccccc2o1)Nc1cccc(-n2ccnc2)c1. The first-order valence-corrected chi connectivity index (χ1v) is 7.71. The third-order valence-corrected chi connectivity index (χ3v) is 3.60. The van der Waals surface area contributed by atoms with Crippen LogP contribution in [0.2, 0.25) is 0 Å². The second kappa shape index (κ2) is 6.45. The van der Waals surface area contributed by atoms with Crippen LogP contribution in [0.1, 0.15) is 5.89 Å². The first-order valence-electron chi connectivity index (χ1n) is 7.71. The quantitative estimate of drug-likeness (QED) is 0.580. The molecule has 1 amide bonds. The van der Waals surface area contributed by atoms with E-state index in [1.807, 2.05) is 59.3 Å². The van der Waals surface area contributed by atoms with Gasteiger partial charge in [0.2, 0.25) is 11.8 Å². The molecular weight excluding hydrogens is 316 g/mol. The Morgan fingerprint density at radius 3 is 2.92 bits per heavy atom. The molecule has 0 spiro atoms. The Morgan fingerprint density at radius 2 is 2.08 bits per heavy atom. The van der Waals surface area contributed by atoms with Gasteiger partial charge in [-0.15, -0.1) is 0 Å². The van der Waals surface area contributed by atoms with Crippen LogP contribution in [0.15, 0.2) is 77.7 Å². The second-order valence-corrected chi connectivity index (χ2v) is 5.36. The number of para-hydroxylation sites is 2. The highest BCUT2D eigenvalue weighted by atomic mass is 16.3. The summed E-state index contributed by atoms with van der Waals surface area (Å²) >= 11 is 0. The van der Waals surface area contributed by atoms with Crippen molar-refractivity contribution in [2.45, 2.75) is 0 Å². The lowest BCUT2D eigenvalue weighted by Gasteiger charge is -2.06. The summed E-state index contributed by atoms with van der Waals surface area (Å²) in [6.07, 6.45) is 8.19. The number of anilines is 1. The number of oxazole rings is 1. The van der Waals surface area contributed by atoms with Crippen LogP contribution < -0.4 is 5.32 Å². The number of aromatic nitrogens is 3. The molecule has 0 radical (unpaired) electrons. The highest BCUT2D eigenvalue weighted by Crippen LogP contribution is 2.16. The molecule has 2 heterocycles. The molecule has 0 aliphatic rings. The van der Waals surface area contributed by atoms with Crippen molar-refractivity contribution in [1.29, 1.82) is 0 Å². The Labute approximate surface area is 143 Å². The number of nitrogens with one attached hydrogen (secondary N) is 1. The fourth-order valence-electron chi connectivity index (χ4n) is 2.45. The molecule has 6 nitrogen and oxygen atoms in total. The van der Waals surface area contributed by atoms with Crippen LogP contribution in [0.3, 0.4) is 0 Å². The minimum Gasteiger partial charge on any atom is -0.437 e. The second-order valence-electron chi connectivity index (χ2n) is 5.36. The van der Waals surface area contributed by atoms with Crippen LogP contribution >= 0.6 is 0 Å². The standard InChI is InChI=1S/C19H14N4O2/c24-18(8-9-19-22-16-6-1-2-7-17(16)25-19)21-14-4-3-5-15(12-14)23-11-10-20-13-23/h1-13H,(H,21,24). The molecular formula is C19H14N4O2. The molecule has 0 unspecified atom stereocenters. The van der Waals surface area contributed by atoms with E-state index < -0.39 is 0 Å². The average Bonchev–Trinajstić information content (AvgIpc) is 3.29. The summed E-state index contributed by atoms with van der Waals surface area (Å²) in [6.45, 7) is 0.